The molecule has 2 saturated heterocycles. The van der Waals surface area contributed by atoms with Crippen molar-refractivity contribution < 1.29 is 19.1 Å². The van der Waals surface area contributed by atoms with Gasteiger partial charge in [-0.2, -0.15) is 0 Å². The van der Waals surface area contributed by atoms with E-state index in [0.29, 0.717) is 25.6 Å². The number of ether oxygens (including phenoxy) is 2. The molecule has 1 atom stereocenters. The van der Waals surface area contributed by atoms with Crippen molar-refractivity contribution in [1.82, 2.24) is 15.1 Å². The Kier molecular flexibility index (Phi) is 7.89. The molecule has 2 aliphatic heterocycles. The molecule has 1 aromatic rings. The highest BCUT2D eigenvalue weighted by Gasteiger charge is 2.32. The molecule has 2 amide bonds. The zero-order chi connectivity index (χ0) is 20.6. The summed E-state index contributed by atoms with van der Waals surface area (Å²) in [6.45, 7) is 6.86. The van der Waals surface area contributed by atoms with Crippen LogP contribution in [0.15, 0.2) is 24.3 Å². The molecule has 1 N–H and O–H groups in total. The molecule has 7 heteroatoms. The molecule has 29 heavy (non-hydrogen) atoms. The monoisotopic (exact) mass is 403 g/mol. The van der Waals surface area contributed by atoms with E-state index in [9.17, 15) is 9.59 Å². The van der Waals surface area contributed by atoms with E-state index < -0.39 is 6.04 Å². The van der Waals surface area contributed by atoms with Crippen LogP contribution in [0.2, 0.25) is 0 Å². The molecule has 0 radical (unpaired) electrons. The maximum atomic E-state index is 12.8. The van der Waals surface area contributed by atoms with Crippen molar-refractivity contribution >= 4 is 11.8 Å². The smallest absolute Gasteiger partial charge is 0.237 e. The summed E-state index contributed by atoms with van der Waals surface area (Å²) in [4.78, 5) is 29.2. The minimum absolute atomic E-state index is 0.0234. The summed E-state index contributed by atoms with van der Waals surface area (Å²) in [5.41, 5.74) is 1.11. The maximum absolute atomic E-state index is 12.8. The predicted octanol–water partition coefficient (Wildman–Crippen LogP) is 1.66. The van der Waals surface area contributed by atoms with Gasteiger partial charge in [0.2, 0.25) is 11.8 Å². The number of carbonyl (C=O) groups excluding carboxylic acids is 2. The number of amides is 2. The van der Waals surface area contributed by atoms with Crippen LogP contribution >= 0.6 is 0 Å². The molecule has 0 bridgehead atoms. The van der Waals surface area contributed by atoms with Crippen molar-refractivity contribution in [1.29, 1.82) is 0 Å². The van der Waals surface area contributed by atoms with Crippen LogP contribution in [0.5, 0.6) is 5.75 Å². The molecular formula is C22H33N3O4. The first-order valence-electron chi connectivity index (χ1n) is 10.6. The number of hydrogen-bond donors (Lipinski definition) is 1. The SMILES string of the molecule is CCOc1ccc(CN2CCNC(=O)[C@@H]2CC(=O)N(C)CC2CCOCC2)cc1. The van der Waals surface area contributed by atoms with Crippen LogP contribution < -0.4 is 10.1 Å². The lowest BCUT2D eigenvalue weighted by atomic mass is 9.99. The lowest BCUT2D eigenvalue weighted by Gasteiger charge is -2.36. The summed E-state index contributed by atoms with van der Waals surface area (Å²) in [5, 5.41) is 2.91. The van der Waals surface area contributed by atoms with Crippen molar-refractivity contribution in [3.8, 4) is 5.75 Å². The van der Waals surface area contributed by atoms with Gasteiger partial charge in [0.15, 0.2) is 0 Å². The summed E-state index contributed by atoms with van der Waals surface area (Å²) in [6.07, 6.45) is 2.19. The molecule has 0 aromatic heterocycles. The Hall–Kier alpha value is -2.12. The number of hydrogen-bond acceptors (Lipinski definition) is 5. The fraction of sp³-hybridized carbons (Fsp3) is 0.636. The molecule has 160 valence electrons. The van der Waals surface area contributed by atoms with E-state index in [1.165, 1.54) is 0 Å². The molecule has 7 nitrogen and oxygen atoms in total. The van der Waals surface area contributed by atoms with Crippen LogP contribution in [0.1, 0.15) is 31.7 Å². The van der Waals surface area contributed by atoms with Gasteiger partial charge in [-0.25, -0.2) is 0 Å². The van der Waals surface area contributed by atoms with E-state index in [1.54, 1.807) is 4.90 Å². The molecule has 2 heterocycles. The Morgan fingerprint density at radius 2 is 2.00 bits per heavy atom. The number of carbonyl (C=O) groups is 2. The fourth-order valence-electron chi connectivity index (χ4n) is 4.00. The topological polar surface area (TPSA) is 71.1 Å². The average Bonchev–Trinajstić information content (AvgIpc) is 2.73. The third-order valence-electron chi connectivity index (χ3n) is 5.73. The lowest BCUT2D eigenvalue weighted by Crippen LogP contribution is -2.56. The van der Waals surface area contributed by atoms with Crippen molar-refractivity contribution in [3.63, 3.8) is 0 Å². The van der Waals surface area contributed by atoms with Crippen LogP contribution in [0.25, 0.3) is 0 Å². The minimum Gasteiger partial charge on any atom is -0.494 e. The van der Waals surface area contributed by atoms with Gasteiger partial charge in [0.1, 0.15) is 5.75 Å². The molecule has 0 unspecified atom stereocenters. The minimum atomic E-state index is -0.431. The van der Waals surface area contributed by atoms with E-state index in [-0.39, 0.29) is 18.2 Å². The fourth-order valence-corrected chi connectivity index (χ4v) is 4.00. The molecule has 2 aliphatic rings. The Bertz CT molecular complexity index is 673. The predicted molar refractivity (Wildman–Crippen MR) is 111 cm³/mol. The Morgan fingerprint density at radius 1 is 1.28 bits per heavy atom. The van der Waals surface area contributed by atoms with Gasteiger partial charge < -0.3 is 19.7 Å². The zero-order valence-electron chi connectivity index (χ0n) is 17.6. The van der Waals surface area contributed by atoms with Crippen molar-refractivity contribution in [2.45, 2.75) is 38.8 Å². The van der Waals surface area contributed by atoms with Crippen molar-refractivity contribution in [2.75, 3.05) is 46.5 Å². The van der Waals surface area contributed by atoms with E-state index in [1.807, 2.05) is 38.2 Å². The van der Waals surface area contributed by atoms with E-state index in [4.69, 9.17) is 9.47 Å². The molecule has 1 aromatic carbocycles. The largest absolute Gasteiger partial charge is 0.494 e. The van der Waals surface area contributed by atoms with Gasteiger partial charge in [0.05, 0.1) is 19.1 Å². The van der Waals surface area contributed by atoms with Crippen LogP contribution in [-0.4, -0.2) is 74.2 Å². The number of rotatable bonds is 8. The molecule has 2 fully saturated rings. The first-order chi connectivity index (χ1) is 14.1. The first-order valence-corrected chi connectivity index (χ1v) is 10.6. The highest BCUT2D eigenvalue weighted by atomic mass is 16.5. The lowest BCUT2D eigenvalue weighted by molar-refractivity contribution is -0.138. The van der Waals surface area contributed by atoms with Crippen LogP contribution in [0, 0.1) is 5.92 Å². The second kappa shape index (κ2) is 10.6. The van der Waals surface area contributed by atoms with Gasteiger partial charge >= 0.3 is 0 Å². The Labute approximate surface area is 173 Å². The highest BCUT2D eigenvalue weighted by molar-refractivity contribution is 5.88. The number of benzene rings is 1. The third kappa shape index (κ3) is 6.18. The van der Waals surface area contributed by atoms with Gasteiger partial charge in [-0.3, -0.25) is 14.5 Å². The summed E-state index contributed by atoms with van der Waals surface area (Å²) in [6, 6.07) is 7.51. The number of piperazine rings is 1. The second-order valence-corrected chi connectivity index (χ2v) is 7.89. The molecule has 0 aliphatic carbocycles. The molecule has 3 rings (SSSR count). The Morgan fingerprint density at radius 3 is 2.69 bits per heavy atom. The number of nitrogens with zero attached hydrogens (tertiary/aromatic N) is 2. The normalized spacial score (nSPS) is 20.9. The summed E-state index contributed by atoms with van der Waals surface area (Å²) in [7, 11) is 1.84. The van der Waals surface area contributed by atoms with E-state index in [0.717, 1.165) is 50.5 Å². The van der Waals surface area contributed by atoms with Crippen LogP contribution in [-0.2, 0) is 20.9 Å². The molecular weight excluding hydrogens is 370 g/mol. The van der Waals surface area contributed by atoms with Gasteiger partial charge in [-0.05, 0) is 43.4 Å². The standard InChI is InChI=1S/C22H33N3O4/c1-3-29-19-6-4-17(5-7-19)16-25-11-10-23-22(27)20(25)14-21(26)24(2)15-18-8-12-28-13-9-18/h4-7,18,20H,3,8-16H2,1-2H3,(H,23,27)/t20-/m0/s1. The third-order valence-corrected chi connectivity index (χ3v) is 5.73. The number of nitrogens with one attached hydrogen (secondary N) is 1. The van der Waals surface area contributed by atoms with Crippen molar-refractivity contribution in [2.24, 2.45) is 5.92 Å². The van der Waals surface area contributed by atoms with Gasteiger partial charge in [-0.1, -0.05) is 12.1 Å². The van der Waals surface area contributed by atoms with E-state index in [2.05, 4.69) is 10.2 Å². The zero-order valence-corrected chi connectivity index (χ0v) is 17.6. The van der Waals surface area contributed by atoms with Gasteiger partial charge in [-0.15, -0.1) is 0 Å². The second-order valence-electron chi connectivity index (χ2n) is 7.89. The van der Waals surface area contributed by atoms with Gasteiger partial charge in [0, 0.05) is 46.4 Å². The van der Waals surface area contributed by atoms with E-state index >= 15 is 0 Å². The summed E-state index contributed by atoms with van der Waals surface area (Å²) < 4.78 is 10.9. The quantitative estimate of drug-likeness (QED) is 0.715. The van der Waals surface area contributed by atoms with Crippen molar-refractivity contribution in [3.05, 3.63) is 29.8 Å². The summed E-state index contributed by atoms with van der Waals surface area (Å²) in [5.74, 6) is 1.29. The Balaban J connectivity index is 1.58. The molecule has 0 saturated carbocycles. The van der Waals surface area contributed by atoms with Crippen LogP contribution in [0.4, 0.5) is 0 Å². The van der Waals surface area contributed by atoms with Crippen LogP contribution in [0.3, 0.4) is 0 Å². The molecule has 0 spiro atoms. The summed E-state index contributed by atoms with van der Waals surface area (Å²) >= 11 is 0. The first kappa shape index (κ1) is 21.6. The highest BCUT2D eigenvalue weighted by Crippen LogP contribution is 2.19. The average molecular weight is 404 g/mol. The van der Waals surface area contributed by atoms with Gasteiger partial charge in [0.25, 0.3) is 0 Å². The maximum Gasteiger partial charge on any atom is 0.237 e.